The molecule has 1 aliphatic rings. The second-order valence-electron chi connectivity index (χ2n) is 8.22. The standard InChI is InChI=1S/C26H28N2O4/c1-25(2,16-27)22-12-9-19(14-21(22)17-6-10-20(30-3)11-7-17)26(32-5)15-18(24(28)29)8-13-23(26)31-4/h6-14H,15H2,1-5H3,(H2,28,29). The number of nitrogens with zero attached hydrogens (tertiary/aromatic N) is 1. The molecule has 0 radical (unpaired) electrons. The normalized spacial score (nSPS) is 18.2. The summed E-state index contributed by atoms with van der Waals surface area (Å²) in [5, 5.41) is 9.81. The van der Waals surface area contributed by atoms with E-state index in [9.17, 15) is 10.1 Å². The van der Waals surface area contributed by atoms with Crippen LogP contribution in [0.5, 0.6) is 5.75 Å². The highest BCUT2D eigenvalue weighted by molar-refractivity contribution is 5.93. The van der Waals surface area contributed by atoms with Crippen molar-refractivity contribution in [2.45, 2.75) is 31.3 Å². The van der Waals surface area contributed by atoms with E-state index in [0.29, 0.717) is 11.3 Å². The molecule has 2 aromatic rings. The van der Waals surface area contributed by atoms with Crippen molar-refractivity contribution in [3.63, 3.8) is 0 Å². The number of rotatable bonds is 7. The zero-order valence-electron chi connectivity index (χ0n) is 19.1. The van der Waals surface area contributed by atoms with Gasteiger partial charge in [-0.15, -0.1) is 0 Å². The van der Waals surface area contributed by atoms with E-state index in [2.05, 4.69) is 6.07 Å². The van der Waals surface area contributed by atoms with E-state index in [1.807, 2.05) is 56.3 Å². The van der Waals surface area contributed by atoms with Crippen LogP contribution in [0.25, 0.3) is 11.1 Å². The number of methoxy groups -OCH3 is 3. The van der Waals surface area contributed by atoms with Gasteiger partial charge in [-0.3, -0.25) is 4.79 Å². The first-order chi connectivity index (χ1) is 15.2. The second kappa shape index (κ2) is 8.89. The minimum absolute atomic E-state index is 0.238. The van der Waals surface area contributed by atoms with Gasteiger partial charge in [0.15, 0.2) is 5.60 Å². The molecule has 1 aliphatic carbocycles. The number of hydrogen-bond acceptors (Lipinski definition) is 5. The fraction of sp³-hybridized carbons (Fsp3) is 0.308. The highest BCUT2D eigenvalue weighted by atomic mass is 16.5. The molecular formula is C26H28N2O4. The Morgan fingerprint density at radius 3 is 2.28 bits per heavy atom. The van der Waals surface area contributed by atoms with Crippen molar-refractivity contribution >= 4 is 5.91 Å². The van der Waals surface area contributed by atoms with E-state index in [1.54, 1.807) is 33.5 Å². The smallest absolute Gasteiger partial charge is 0.244 e. The minimum atomic E-state index is -1.02. The van der Waals surface area contributed by atoms with Crippen molar-refractivity contribution in [2.75, 3.05) is 21.3 Å². The van der Waals surface area contributed by atoms with Crippen molar-refractivity contribution in [3.8, 4) is 22.9 Å². The van der Waals surface area contributed by atoms with E-state index < -0.39 is 16.9 Å². The highest BCUT2D eigenvalue weighted by Gasteiger charge is 2.42. The molecule has 0 saturated carbocycles. The van der Waals surface area contributed by atoms with Crippen LogP contribution in [0.2, 0.25) is 0 Å². The third kappa shape index (κ3) is 4.00. The van der Waals surface area contributed by atoms with E-state index in [4.69, 9.17) is 19.9 Å². The lowest BCUT2D eigenvalue weighted by Gasteiger charge is -2.37. The summed E-state index contributed by atoms with van der Waals surface area (Å²) >= 11 is 0. The van der Waals surface area contributed by atoms with E-state index in [-0.39, 0.29) is 6.42 Å². The summed E-state index contributed by atoms with van der Waals surface area (Å²) in [6, 6.07) is 15.9. The van der Waals surface area contributed by atoms with Crippen molar-refractivity contribution in [2.24, 2.45) is 5.73 Å². The fourth-order valence-corrected chi connectivity index (χ4v) is 4.07. The zero-order valence-corrected chi connectivity index (χ0v) is 19.1. The van der Waals surface area contributed by atoms with E-state index in [1.165, 1.54) is 0 Å². The average molecular weight is 433 g/mol. The van der Waals surface area contributed by atoms with Gasteiger partial charge in [0.1, 0.15) is 11.5 Å². The fourth-order valence-electron chi connectivity index (χ4n) is 4.07. The Labute approximate surface area is 188 Å². The Morgan fingerprint density at radius 2 is 1.75 bits per heavy atom. The predicted octanol–water partition coefficient (Wildman–Crippen LogP) is 4.35. The molecular weight excluding hydrogens is 404 g/mol. The average Bonchev–Trinajstić information content (AvgIpc) is 2.83. The van der Waals surface area contributed by atoms with Gasteiger partial charge >= 0.3 is 0 Å². The van der Waals surface area contributed by atoms with Crippen LogP contribution in [0, 0.1) is 11.3 Å². The largest absolute Gasteiger partial charge is 0.498 e. The van der Waals surface area contributed by atoms with Crippen LogP contribution in [-0.2, 0) is 25.3 Å². The molecule has 0 heterocycles. The summed E-state index contributed by atoms with van der Waals surface area (Å²) < 4.78 is 16.9. The quantitative estimate of drug-likeness (QED) is 0.702. The molecule has 2 aromatic carbocycles. The van der Waals surface area contributed by atoms with Crippen LogP contribution in [0.3, 0.4) is 0 Å². The molecule has 0 bridgehead atoms. The Hall–Kier alpha value is -3.56. The predicted molar refractivity (Wildman–Crippen MR) is 123 cm³/mol. The molecule has 3 rings (SSSR count). The van der Waals surface area contributed by atoms with Gasteiger partial charge in [0.05, 0.1) is 25.7 Å². The molecule has 0 aliphatic heterocycles. The second-order valence-corrected chi connectivity index (χ2v) is 8.22. The van der Waals surface area contributed by atoms with Crippen molar-refractivity contribution < 1.29 is 19.0 Å². The Kier molecular flexibility index (Phi) is 6.42. The third-order valence-corrected chi connectivity index (χ3v) is 6.00. The summed E-state index contributed by atoms with van der Waals surface area (Å²) in [6.07, 6.45) is 3.62. The van der Waals surface area contributed by atoms with E-state index >= 15 is 0 Å². The number of ether oxygens (including phenoxy) is 3. The van der Waals surface area contributed by atoms with Gasteiger partial charge in [-0.05, 0) is 66.5 Å². The number of allylic oxidation sites excluding steroid dienone is 2. The Balaban J connectivity index is 2.25. The third-order valence-electron chi connectivity index (χ3n) is 6.00. The molecule has 6 heteroatoms. The SMILES string of the molecule is COC1=CC=C(C(N)=O)CC1(OC)c1ccc(C(C)(C)C#N)c(-c2ccc(OC)cc2)c1. The molecule has 1 atom stereocenters. The molecule has 32 heavy (non-hydrogen) atoms. The van der Waals surface area contributed by atoms with Crippen LogP contribution in [-0.4, -0.2) is 27.2 Å². The minimum Gasteiger partial charge on any atom is -0.498 e. The van der Waals surface area contributed by atoms with Crippen molar-refractivity contribution in [1.82, 2.24) is 0 Å². The summed E-state index contributed by atoms with van der Waals surface area (Å²) in [5.41, 5.74) is 7.77. The van der Waals surface area contributed by atoms with Crippen LogP contribution >= 0.6 is 0 Å². The molecule has 166 valence electrons. The number of hydrogen-bond donors (Lipinski definition) is 1. The molecule has 0 fully saturated rings. The maximum absolute atomic E-state index is 11.9. The number of benzene rings is 2. The molecule has 0 spiro atoms. The van der Waals surface area contributed by atoms with Crippen LogP contribution in [0.1, 0.15) is 31.4 Å². The molecule has 1 amide bonds. The summed E-state index contributed by atoms with van der Waals surface area (Å²) in [6.45, 7) is 3.77. The number of carbonyl (C=O) groups excluding carboxylic acids is 1. The van der Waals surface area contributed by atoms with Crippen LogP contribution in [0.15, 0.2) is 65.9 Å². The van der Waals surface area contributed by atoms with Gasteiger partial charge in [0, 0.05) is 19.1 Å². The zero-order chi connectivity index (χ0) is 23.5. The first-order valence-corrected chi connectivity index (χ1v) is 10.2. The number of nitrogens with two attached hydrogens (primary N) is 1. The highest BCUT2D eigenvalue weighted by Crippen LogP contribution is 2.45. The van der Waals surface area contributed by atoms with Gasteiger partial charge in [0.2, 0.25) is 5.91 Å². The lowest BCUT2D eigenvalue weighted by Crippen LogP contribution is -2.36. The number of nitriles is 1. The van der Waals surface area contributed by atoms with Crippen LogP contribution in [0.4, 0.5) is 0 Å². The van der Waals surface area contributed by atoms with Crippen LogP contribution < -0.4 is 10.5 Å². The maximum Gasteiger partial charge on any atom is 0.244 e. The lowest BCUT2D eigenvalue weighted by molar-refractivity contribution is -0.115. The summed E-state index contributed by atoms with van der Waals surface area (Å²) in [4.78, 5) is 11.9. The molecule has 2 N–H and O–H groups in total. The monoisotopic (exact) mass is 432 g/mol. The summed E-state index contributed by atoms with van der Waals surface area (Å²) in [7, 11) is 4.77. The van der Waals surface area contributed by atoms with Gasteiger partial charge in [-0.1, -0.05) is 24.3 Å². The molecule has 0 aromatic heterocycles. The number of amides is 1. The Morgan fingerprint density at radius 1 is 1.06 bits per heavy atom. The molecule has 0 saturated heterocycles. The molecule has 6 nitrogen and oxygen atoms in total. The van der Waals surface area contributed by atoms with Gasteiger partial charge in [-0.25, -0.2) is 0 Å². The molecule has 1 unspecified atom stereocenters. The number of carbonyl (C=O) groups is 1. The number of primary amides is 1. The van der Waals surface area contributed by atoms with Crippen molar-refractivity contribution in [3.05, 3.63) is 77.1 Å². The maximum atomic E-state index is 11.9. The first-order valence-electron chi connectivity index (χ1n) is 10.2. The van der Waals surface area contributed by atoms with Gasteiger partial charge < -0.3 is 19.9 Å². The van der Waals surface area contributed by atoms with Gasteiger partial charge in [0.25, 0.3) is 0 Å². The summed E-state index contributed by atoms with van der Waals surface area (Å²) in [5.74, 6) is 0.806. The van der Waals surface area contributed by atoms with Crippen molar-refractivity contribution in [1.29, 1.82) is 5.26 Å². The topological polar surface area (TPSA) is 94.6 Å². The van der Waals surface area contributed by atoms with E-state index in [0.717, 1.165) is 28.0 Å². The lowest BCUT2D eigenvalue weighted by atomic mass is 9.76. The Bertz CT molecular complexity index is 1120. The first kappa shape index (κ1) is 23.1. The van der Waals surface area contributed by atoms with Gasteiger partial charge in [-0.2, -0.15) is 5.26 Å².